The van der Waals surface area contributed by atoms with Crippen LogP contribution in [-0.2, 0) is 16.2 Å². The smallest absolute Gasteiger partial charge is 0.300 e. The summed E-state index contributed by atoms with van der Waals surface area (Å²) in [5.74, 6) is -1.18. The Balaban J connectivity index is 1.57. The van der Waals surface area contributed by atoms with Crippen LogP contribution in [0.3, 0.4) is 0 Å². The van der Waals surface area contributed by atoms with Crippen molar-refractivity contribution in [1.29, 1.82) is 0 Å². The van der Waals surface area contributed by atoms with Gasteiger partial charge in [-0.05, 0) is 72.5 Å². The number of para-hydroxylation sites is 1. The van der Waals surface area contributed by atoms with Crippen molar-refractivity contribution in [2.75, 3.05) is 4.90 Å². The van der Waals surface area contributed by atoms with E-state index in [1.54, 1.807) is 42.5 Å². The highest BCUT2D eigenvalue weighted by Crippen LogP contribution is 2.43. The van der Waals surface area contributed by atoms with Gasteiger partial charge in [0.05, 0.1) is 11.6 Å². The largest absolute Gasteiger partial charge is 0.508 e. The van der Waals surface area contributed by atoms with Crippen LogP contribution in [-0.4, -0.2) is 21.9 Å². The molecule has 6 nitrogen and oxygen atoms in total. The Morgan fingerprint density at radius 3 is 2.29 bits per heavy atom. The van der Waals surface area contributed by atoms with E-state index in [1.807, 2.05) is 56.3 Å². The average Bonchev–Trinajstić information content (AvgIpc) is 3.18. The molecule has 1 amide bonds. The molecule has 190 valence electrons. The Morgan fingerprint density at radius 1 is 0.842 bits per heavy atom. The number of aliphatic hydroxyl groups is 1. The van der Waals surface area contributed by atoms with Crippen molar-refractivity contribution in [3.63, 3.8) is 0 Å². The van der Waals surface area contributed by atoms with Gasteiger partial charge < -0.3 is 14.9 Å². The van der Waals surface area contributed by atoms with Gasteiger partial charge in [-0.2, -0.15) is 0 Å². The third kappa shape index (κ3) is 4.64. The van der Waals surface area contributed by atoms with Gasteiger partial charge in [0.25, 0.3) is 11.7 Å². The summed E-state index contributed by atoms with van der Waals surface area (Å²) in [5.41, 5.74) is 4.02. The number of phenolic OH excluding ortho intramolecular Hbond substituents is 1. The lowest BCUT2D eigenvalue weighted by atomic mass is 9.94. The maximum atomic E-state index is 13.4. The van der Waals surface area contributed by atoms with Crippen molar-refractivity contribution in [2.45, 2.75) is 26.5 Å². The zero-order valence-corrected chi connectivity index (χ0v) is 21.1. The molecule has 1 atom stereocenters. The van der Waals surface area contributed by atoms with Crippen LogP contribution in [0.15, 0.2) is 103 Å². The number of rotatable bonds is 6. The SMILES string of the molecule is Cc1cc(/C(O)=C2/C(=O)C(=O)N(c3ccccc3C)C2c2cccc(O)c2)ccc1OCc1ccccc1. The van der Waals surface area contributed by atoms with E-state index in [2.05, 4.69) is 0 Å². The lowest BCUT2D eigenvalue weighted by Gasteiger charge is -2.27. The second-order valence-electron chi connectivity index (χ2n) is 9.31. The molecule has 1 aliphatic rings. The van der Waals surface area contributed by atoms with E-state index in [9.17, 15) is 19.8 Å². The number of aromatic hydroxyl groups is 1. The molecule has 1 heterocycles. The minimum absolute atomic E-state index is 0.00589. The first kappa shape index (κ1) is 24.8. The Labute approximate surface area is 221 Å². The molecule has 0 aromatic heterocycles. The van der Waals surface area contributed by atoms with Crippen molar-refractivity contribution in [2.24, 2.45) is 0 Å². The molecule has 1 unspecified atom stereocenters. The molecule has 4 aromatic carbocycles. The maximum absolute atomic E-state index is 13.4. The molecule has 0 aliphatic carbocycles. The van der Waals surface area contributed by atoms with E-state index in [1.165, 1.54) is 17.0 Å². The molecular weight excluding hydrogens is 478 g/mol. The molecule has 6 heteroatoms. The number of phenols is 1. The number of ketones is 1. The molecule has 1 saturated heterocycles. The molecule has 0 bridgehead atoms. The van der Waals surface area contributed by atoms with Gasteiger partial charge in [0.15, 0.2) is 0 Å². The summed E-state index contributed by atoms with van der Waals surface area (Å²) in [7, 11) is 0. The number of hydrogen-bond acceptors (Lipinski definition) is 5. The number of anilines is 1. The predicted octanol–water partition coefficient (Wildman–Crippen LogP) is 6.21. The van der Waals surface area contributed by atoms with E-state index in [0.717, 1.165) is 16.7 Å². The summed E-state index contributed by atoms with van der Waals surface area (Å²) >= 11 is 0. The number of hydrogen-bond donors (Lipinski definition) is 2. The quantitative estimate of drug-likeness (QED) is 0.185. The van der Waals surface area contributed by atoms with Gasteiger partial charge in [0.1, 0.15) is 23.9 Å². The van der Waals surface area contributed by atoms with Crippen LogP contribution >= 0.6 is 0 Å². The van der Waals surface area contributed by atoms with Gasteiger partial charge in [-0.25, -0.2) is 0 Å². The average molecular weight is 506 g/mol. The zero-order valence-electron chi connectivity index (χ0n) is 21.1. The molecule has 4 aromatic rings. The maximum Gasteiger partial charge on any atom is 0.300 e. The number of carbonyl (C=O) groups is 2. The first-order valence-electron chi connectivity index (χ1n) is 12.3. The van der Waals surface area contributed by atoms with Gasteiger partial charge in [-0.3, -0.25) is 14.5 Å². The molecule has 5 rings (SSSR count). The summed E-state index contributed by atoms with van der Waals surface area (Å²) in [6.45, 7) is 4.10. The number of benzene rings is 4. The lowest BCUT2D eigenvalue weighted by molar-refractivity contribution is -0.132. The number of nitrogens with zero attached hydrogens (tertiary/aromatic N) is 1. The van der Waals surface area contributed by atoms with Crippen LogP contribution in [0.1, 0.15) is 33.9 Å². The van der Waals surface area contributed by atoms with Crippen LogP contribution in [0.4, 0.5) is 5.69 Å². The lowest BCUT2D eigenvalue weighted by Crippen LogP contribution is -2.30. The summed E-state index contributed by atoms with van der Waals surface area (Å²) in [6.07, 6.45) is 0. The minimum atomic E-state index is -0.919. The van der Waals surface area contributed by atoms with Crippen molar-refractivity contribution in [3.05, 3.63) is 130 Å². The number of ether oxygens (including phenoxy) is 1. The molecule has 1 aliphatic heterocycles. The van der Waals surface area contributed by atoms with E-state index in [-0.39, 0.29) is 17.1 Å². The van der Waals surface area contributed by atoms with Crippen LogP contribution in [0.5, 0.6) is 11.5 Å². The standard InChI is InChI=1S/C32H27NO5/c1-20-9-6-7-14-26(20)33-29(23-12-8-13-25(34)18-23)28(31(36)32(33)37)30(35)24-15-16-27(21(2)17-24)38-19-22-10-4-3-5-11-22/h3-18,29,34-35H,19H2,1-2H3/b30-28-. The Hall–Kier alpha value is -4.84. The van der Waals surface area contributed by atoms with Crippen molar-refractivity contribution in [3.8, 4) is 11.5 Å². The highest BCUT2D eigenvalue weighted by atomic mass is 16.5. The molecule has 1 fully saturated rings. The highest BCUT2D eigenvalue weighted by Gasteiger charge is 2.47. The van der Waals surface area contributed by atoms with Crippen molar-refractivity contribution < 1.29 is 24.5 Å². The number of carbonyl (C=O) groups excluding carboxylic acids is 2. The molecule has 2 N–H and O–H groups in total. The number of Topliss-reactive ketones (excluding diaryl/α,β-unsaturated/α-hetero) is 1. The Morgan fingerprint density at radius 2 is 1.58 bits per heavy atom. The van der Waals surface area contributed by atoms with Crippen LogP contribution < -0.4 is 9.64 Å². The summed E-state index contributed by atoms with van der Waals surface area (Å²) in [6, 6.07) is 27.7. The molecule has 0 radical (unpaired) electrons. The van der Waals surface area contributed by atoms with E-state index in [4.69, 9.17) is 4.74 Å². The third-order valence-electron chi connectivity index (χ3n) is 6.69. The second kappa shape index (κ2) is 10.3. The fraction of sp³-hybridized carbons (Fsp3) is 0.125. The van der Waals surface area contributed by atoms with Gasteiger partial charge in [-0.1, -0.05) is 60.7 Å². The Kier molecular flexibility index (Phi) is 6.71. The summed E-state index contributed by atoms with van der Waals surface area (Å²) in [5, 5.41) is 21.6. The fourth-order valence-corrected chi connectivity index (χ4v) is 4.77. The zero-order chi connectivity index (χ0) is 26.8. The minimum Gasteiger partial charge on any atom is -0.508 e. The second-order valence-corrected chi connectivity index (χ2v) is 9.31. The molecule has 0 spiro atoms. The summed E-state index contributed by atoms with van der Waals surface area (Å²) in [4.78, 5) is 28.2. The normalized spacial score (nSPS) is 16.6. The molecular formula is C32H27NO5. The van der Waals surface area contributed by atoms with Crippen molar-refractivity contribution >= 4 is 23.1 Å². The Bertz CT molecular complexity index is 1560. The number of amides is 1. The van der Waals surface area contributed by atoms with Gasteiger partial charge >= 0.3 is 0 Å². The van der Waals surface area contributed by atoms with Gasteiger partial charge in [0, 0.05) is 11.3 Å². The van der Waals surface area contributed by atoms with Gasteiger partial charge in [-0.15, -0.1) is 0 Å². The van der Waals surface area contributed by atoms with E-state index >= 15 is 0 Å². The molecule has 38 heavy (non-hydrogen) atoms. The topological polar surface area (TPSA) is 87.1 Å². The van der Waals surface area contributed by atoms with Crippen molar-refractivity contribution in [1.82, 2.24) is 0 Å². The number of aliphatic hydroxyl groups excluding tert-OH is 1. The summed E-state index contributed by atoms with van der Waals surface area (Å²) < 4.78 is 5.96. The highest BCUT2D eigenvalue weighted by molar-refractivity contribution is 6.51. The van der Waals surface area contributed by atoms with Crippen LogP contribution in [0, 0.1) is 13.8 Å². The fourth-order valence-electron chi connectivity index (χ4n) is 4.77. The third-order valence-corrected chi connectivity index (χ3v) is 6.69. The van der Waals surface area contributed by atoms with Crippen LogP contribution in [0.25, 0.3) is 5.76 Å². The van der Waals surface area contributed by atoms with Crippen LogP contribution in [0.2, 0.25) is 0 Å². The van der Waals surface area contributed by atoms with Gasteiger partial charge in [0.2, 0.25) is 0 Å². The molecule has 0 saturated carbocycles. The predicted molar refractivity (Wildman–Crippen MR) is 146 cm³/mol. The first-order valence-corrected chi connectivity index (χ1v) is 12.3. The van der Waals surface area contributed by atoms with E-state index < -0.39 is 17.7 Å². The first-order chi connectivity index (χ1) is 18.3. The number of aryl methyl sites for hydroxylation is 2. The monoisotopic (exact) mass is 505 g/mol. The van der Waals surface area contributed by atoms with E-state index in [0.29, 0.717) is 29.2 Å².